The molecule has 0 aliphatic carbocycles. The fraction of sp³-hybridized carbons (Fsp3) is 0.250. The highest BCUT2D eigenvalue weighted by Crippen LogP contribution is 2.16. The molecule has 0 saturated heterocycles. The zero-order valence-corrected chi connectivity index (χ0v) is 15.9. The number of aromatic nitrogens is 4. The van der Waals surface area contributed by atoms with Crippen molar-refractivity contribution >= 4 is 42.2 Å². The average Bonchev–Trinajstić information content (AvgIpc) is 2.98. The van der Waals surface area contributed by atoms with Gasteiger partial charge >= 0.3 is 0 Å². The lowest BCUT2D eigenvalue weighted by molar-refractivity contribution is 0.101. The third kappa shape index (κ3) is 4.81. The Kier molecular flexibility index (Phi) is 7.76. The zero-order chi connectivity index (χ0) is 17.1. The van der Waals surface area contributed by atoms with Gasteiger partial charge in [-0.25, -0.2) is 9.50 Å². The van der Waals surface area contributed by atoms with Crippen LogP contribution < -0.4 is 15.8 Å². The smallest absolute Gasteiger partial charge is 0.295 e. The van der Waals surface area contributed by atoms with Crippen LogP contribution >= 0.6 is 24.8 Å². The molecule has 0 fully saturated rings. The van der Waals surface area contributed by atoms with Crippen molar-refractivity contribution in [1.82, 2.24) is 19.6 Å². The summed E-state index contributed by atoms with van der Waals surface area (Å²) in [5.74, 6) is 0.774. The van der Waals surface area contributed by atoms with Crippen LogP contribution in [0.1, 0.15) is 22.0 Å². The van der Waals surface area contributed by atoms with Crippen LogP contribution in [-0.4, -0.2) is 38.6 Å². The Morgan fingerprint density at radius 3 is 2.54 bits per heavy atom. The molecule has 3 rings (SSSR count). The molecule has 1 amide bonds. The number of hydrogen-bond acceptors (Lipinski definition) is 6. The van der Waals surface area contributed by atoms with E-state index in [0.717, 1.165) is 11.4 Å². The molecular formula is C16H20Cl2N6O2. The van der Waals surface area contributed by atoms with Gasteiger partial charge in [0.2, 0.25) is 5.82 Å². The predicted octanol–water partition coefficient (Wildman–Crippen LogP) is 2.17. The van der Waals surface area contributed by atoms with Crippen LogP contribution in [0.15, 0.2) is 30.3 Å². The van der Waals surface area contributed by atoms with Crippen molar-refractivity contribution in [3.05, 3.63) is 47.5 Å². The lowest BCUT2D eigenvalue weighted by Gasteiger charge is -2.06. The third-order valence-corrected chi connectivity index (χ3v) is 3.32. The van der Waals surface area contributed by atoms with E-state index in [0.29, 0.717) is 30.4 Å². The van der Waals surface area contributed by atoms with Gasteiger partial charge in [-0.05, 0) is 44.2 Å². The highest BCUT2D eigenvalue weighted by atomic mass is 35.5. The number of fused-ring (bicyclic) bond motifs is 1. The molecule has 0 spiro atoms. The van der Waals surface area contributed by atoms with Crippen molar-refractivity contribution in [1.29, 1.82) is 0 Å². The van der Waals surface area contributed by atoms with Crippen LogP contribution in [-0.2, 0) is 0 Å². The van der Waals surface area contributed by atoms with Crippen molar-refractivity contribution in [3.63, 3.8) is 0 Å². The van der Waals surface area contributed by atoms with E-state index in [1.807, 2.05) is 19.9 Å². The molecule has 3 aromatic rings. The molecule has 140 valence electrons. The molecule has 8 nitrogen and oxygen atoms in total. The van der Waals surface area contributed by atoms with Crippen LogP contribution in [0, 0.1) is 13.8 Å². The first kappa shape index (κ1) is 21.6. The zero-order valence-electron chi connectivity index (χ0n) is 14.3. The van der Waals surface area contributed by atoms with Gasteiger partial charge in [0.15, 0.2) is 0 Å². The van der Waals surface area contributed by atoms with E-state index in [-0.39, 0.29) is 30.6 Å². The van der Waals surface area contributed by atoms with Gasteiger partial charge in [-0.15, -0.1) is 29.9 Å². The van der Waals surface area contributed by atoms with Gasteiger partial charge in [-0.3, -0.25) is 4.79 Å². The number of aryl methyl sites for hydroxylation is 2. The normalized spacial score (nSPS) is 9.96. The monoisotopic (exact) mass is 398 g/mol. The molecule has 26 heavy (non-hydrogen) atoms. The number of anilines is 1. The third-order valence-electron chi connectivity index (χ3n) is 3.32. The Morgan fingerprint density at radius 2 is 1.88 bits per heavy atom. The van der Waals surface area contributed by atoms with E-state index in [4.69, 9.17) is 10.5 Å². The molecular weight excluding hydrogens is 379 g/mol. The first-order chi connectivity index (χ1) is 11.6. The van der Waals surface area contributed by atoms with E-state index >= 15 is 0 Å². The number of amides is 1. The molecule has 1 aromatic carbocycles. The van der Waals surface area contributed by atoms with Crippen molar-refractivity contribution in [3.8, 4) is 5.75 Å². The maximum Gasteiger partial charge on any atom is 0.295 e. The molecule has 0 aliphatic rings. The molecule has 10 heteroatoms. The second-order valence-electron chi connectivity index (χ2n) is 5.30. The van der Waals surface area contributed by atoms with Crippen LogP contribution in [0.2, 0.25) is 0 Å². The maximum absolute atomic E-state index is 12.3. The maximum atomic E-state index is 12.3. The van der Waals surface area contributed by atoms with Gasteiger partial charge in [0.05, 0.1) is 0 Å². The topological polar surface area (TPSA) is 107 Å². The number of carbonyl (C=O) groups excluding carboxylic acids is 1. The lowest BCUT2D eigenvalue weighted by atomic mass is 10.3. The summed E-state index contributed by atoms with van der Waals surface area (Å²) in [6.07, 6.45) is 0. The van der Waals surface area contributed by atoms with Gasteiger partial charge < -0.3 is 15.8 Å². The Labute approximate surface area is 163 Å². The standard InChI is InChI=1S/C16H18N6O2.2ClH/c1-10-9-11(2)22-16(18-10)20-14(21-22)15(23)19-12-3-5-13(6-4-12)24-8-7-17;;/h3-6,9H,7-8,17H2,1-2H3,(H,19,23);2*1H. The van der Waals surface area contributed by atoms with Crippen molar-refractivity contribution in [2.24, 2.45) is 5.73 Å². The van der Waals surface area contributed by atoms with Crippen LogP contribution in [0.5, 0.6) is 5.75 Å². The van der Waals surface area contributed by atoms with Gasteiger partial charge in [-0.1, -0.05) is 0 Å². The molecule has 0 atom stereocenters. The first-order valence-electron chi connectivity index (χ1n) is 7.52. The second-order valence-corrected chi connectivity index (χ2v) is 5.30. The van der Waals surface area contributed by atoms with E-state index < -0.39 is 5.91 Å². The molecule has 0 bridgehead atoms. The summed E-state index contributed by atoms with van der Waals surface area (Å²) in [6, 6.07) is 8.89. The van der Waals surface area contributed by atoms with Crippen LogP contribution in [0.4, 0.5) is 5.69 Å². The number of hydrogen-bond donors (Lipinski definition) is 2. The second kappa shape index (κ2) is 9.33. The average molecular weight is 399 g/mol. The van der Waals surface area contributed by atoms with E-state index in [1.165, 1.54) is 0 Å². The van der Waals surface area contributed by atoms with Crippen molar-refractivity contribution in [2.45, 2.75) is 13.8 Å². The van der Waals surface area contributed by atoms with Gasteiger partial charge in [0, 0.05) is 23.6 Å². The molecule has 0 saturated carbocycles. The number of rotatable bonds is 5. The summed E-state index contributed by atoms with van der Waals surface area (Å²) in [4.78, 5) is 20.8. The molecule has 0 radical (unpaired) electrons. The fourth-order valence-electron chi connectivity index (χ4n) is 2.26. The lowest BCUT2D eigenvalue weighted by Crippen LogP contribution is -2.14. The Balaban J connectivity index is 0.00000169. The highest BCUT2D eigenvalue weighted by Gasteiger charge is 2.15. The molecule has 2 aromatic heterocycles. The quantitative estimate of drug-likeness (QED) is 0.681. The number of benzene rings is 1. The van der Waals surface area contributed by atoms with E-state index in [9.17, 15) is 4.79 Å². The van der Waals surface area contributed by atoms with Crippen LogP contribution in [0.3, 0.4) is 0 Å². The van der Waals surface area contributed by atoms with Gasteiger partial charge in [0.1, 0.15) is 12.4 Å². The molecule has 0 unspecified atom stereocenters. The number of nitrogens with one attached hydrogen (secondary N) is 1. The van der Waals surface area contributed by atoms with Gasteiger partial charge in [-0.2, -0.15) is 4.98 Å². The number of nitrogens with zero attached hydrogens (tertiary/aromatic N) is 4. The predicted molar refractivity (Wildman–Crippen MR) is 104 cm³/mol. The minimum Gasteiger partial charge on any atom is -0.492 e. The minimum absolute atomic E-state index is 0. The molecule has 2 heterocycles. The van der Waals surface area contributed by atoms with E-state index in [1.54, 1.807) is 28.8 Å². The van der Waals surface area contributed by atoms with Crippen molar-refractivity contribution < 1.29 is 9.53 Å². The van der Waals surface area contributed by atoms with E-state index in [2.05, 4.69) is 20.4 Å². The summed E-state index contributed by atoms with van der Waals surface area (Å²) < 4.78 is 6.94. The van der Waals surface area contributed by atoms with Crippen LogP contribution in [0.25, 0.3) is 5.78 Å². The summed E-state index contributed by atoms with van der Waals surface area (Å²) in [7, 11) is 0. The number of halogens is 2. The molecule has 3 N–H and O–H groups in total. The first-order valence-corrected chi connectivity index (χ1v) is 7.52. The Hall–Kier alpha value is -2.42. The fourth-order valence-corrected chi connectivity index (χ4v) is 2.26. The highest BCUT2D eigenvalue weighted by molar-refractivity contribution is 6.01. The van der Waals surface area contributed by atoms with Crippen molar-refractivity contribution in [2.75, 3.05) is 18.5 Å². The van der Waals surface area contributed by atoms with Gasteiger partial charge in [0.25, 0.3) is 11.7 Å². The number of ether oxygens (including phenoxy) is 1. The molecule has 0 aliphatic heterocycles. The summed E-state index contributed by atoms with van der Waals surface area (Å²) in [5, 5.41) is 6.95. The SMILES string of the molecule is Cc1cc(C)n2nc(C(=O)Nc3ccc(OCCN)cc3)nc2n1.Cl.Cl. The number of nitrogens with two attached hydrogens (primary N) is 1. The Bertz CT molecular complexity index is 882. The summed E-state index contributed by atoms with van der Waals surface area (Å²) >= 11 is 0. The number of carbonyl (C=O) groups is 1. The Morgan fingerprint density at radius 1 is 1.19 bits per heavy atom. The largest absolute Gasteiger partial charge is 0.492 e. The minimum atomic E-state index is -0.395. The summed E-state index contributed by atoms with van der Waals surface area (Å²) in [6.45, 7) is 4.65. The summed E-state index contributed by atoms with van der Waals surface area (Å²) in [5.41, 5.74) is 7.70.